The van der Waals surface area contributed by atoms with Gasteiger partial charge in [0.1, 0.15) is 5.75 Å². The van der Waals surface area contributed by atoms with Crippen LogP contribution in [0.3, 0.4) is 0 Å². The Labute approximate surface area is 167 Å². The quantitative estimate of drug-likeness (QED) is 0.430. The minimum absolute atomic E-state index is 0.0947. The largest absolute Gasteiger partial charge is 0.508 e. The molecule has 0 bridgehead atoms. The lowest BCUT2D eigenvalue weighted by atomic mass is 9.71. The van der Waals surface area contributed by atoms with Crippen LogP contribution < -0.4 is 0 Å². The molecule has 1 aliphatic rings. The van der Waals surface area contributed by atoms with E-state index in [4.69, 9.17) is 0 Å². The van der Waals surface area contributed by atoms with Crippen LogP contribution in [0.4, 0.5) is 0 Å². The van der Waals surface area contributed by atoms with Gasteiger partial charge in [-0.1, -0.05) is 78.4 Å². The summed E-state index contributed by atoms with van der Waals surface area (Å²) in [5.74, 6) is 1.32. The third-order valence-corrected chi connectivity index (χ3v) is 6.76. The Balaban J connectivity index is 2.13. The Morgan fingerprint density at radius 1 is 1.00 bits per heavy atom. The predicted octanol–water partition coefficient (Wildman–Crippen LogP) is 7.08. The Morgan fingerprint density at radius 2 is 1.74 bits per heavy atom. The van der Waals surface area contributed by atoms with Crippen molar-refractivity contribution in [2.45, 2.75) is 116 Å². The average Bonchev–Trinajstić information content (AvgIpc) is 2.64. The second-order valence-corrected chi connectivity index (χ2v) is 9.44. The number of unbranched alkanes of at least 4 members (excludes halogenated alkanes) is 4. The molecule has 2 heteroatoms. The maximum atomic E-state index is 10.9. The van der Waals surface area contributed by atoms with Crippen molar-refractivity contribution in [3.8, 4) is 5.75 Å². The van der Waals surface area contributed by atoms with E-state index >= 15 is 0 Å². The van der Waals surface area contributed by atoms with Crippen LogP contribution >= 0.6 is 0 Å². The first-order chi connectivity index (χ1) is 12.9. The van der Waals surface area contributed by atoms with Gasteiger partial charge in [-0.2, -0.15) is 0 Å². The maximum absolute atomic E-state index is 10.9. The number of benzene rings is 1. The third-order valence-electron chi connectivity index (χ3n) is 6.76. The lowest BCUT2D eigenvalue weighted by molar-refractivity contribution is 0.0897. The van der Waals surface area contributed by atoms with E-state index < -0.39 is 0 Å². The highest BCUT2D eigenvalue weighted by atomic mass is 16.3. The average molecular weight is 375 g/mol. The molecular formula is C25H42O2. The number of hydrogen-bond acceptors (Lipinski definition) is 2. The molecule has 27 heavy (non-hydrogen) atoms. The van der Waals surface area contributed by atoms with E-state index in [0.29, 0.717) is 17.6 Å². The van der Waals surface area contributed by atoms with E-state index in [1.807, 2.05) is 6.07 Å². The summed E-state index contributed by atoms with van der Waals surface area (Å²) in [5, 5.41) is 21.1. The van der Waals surface area contributed by atoms with Gasteiger partial charge in [0.15, 0.2) is 0 Å². The van der Waals surface area contributed by atoms with Gasteiger partial charge in [-0.15, -0.1) is 0 Å². The summed E-state index contributed by atoms with van der Waals surface area (Å²) in [6, 6.07) is 6.39. The van der Waals surface area contributed by atoms with E-state index in [9.17, 15) is 10.2 Å². The molecule has 1 aromatic carbocycles. The molecule has 1 aliphatic carbocycles. The van der Waals surface area contributed by atoms with Crippen molar-refractivity contribution in [1.29, 1.82) is 0 Å². The summed E-state index contributed by atoms with van der Waals surface area (Å²) < 4.78 is 0. The second kappa shape index (κ2) is 10.5. The van der Waals surface area contributed by atoms with Crippen molar-refractivity contribution in [2.75, 3.05) is 0 Å². The number of aromatic hydroxyl groups is 1. The molecule has 2 N–H and O–H groups in total. The molecule has 2 nitrogen and oxygen atoms in total. The molecule has 154 valence electrons. The third kappa shape index (κ3) is 6.24. The number of aliphatic hydroxyl groups excluding tert-OH is 1. The molecule has 2 rings (SSSR count). The smallest absolute Gasteiger partial charge is 0.119 e. The van der Waals surface area contributed by atoms with Gasteiger partial charge in [-0.3, -0.25) is 0 Å². The summed E-state index contributed by atoms with van der Waals surface area (Å²) in [5.41, 5.74) is 2.39. The lowest BCUT2D eigenvalue weighted by Gasteiger charge is -2.35. The number of phenolic OH excluding ortho intramolecular Hbond substituents is 1. The van der Waals surface area contributed by atoms with Crippen molar-refractivity contribution in [2.24, 2.45) is 5.92 Å². The van der Waals surface area contributed by atoms with E-state index in [0.717, 1.165) is 31.2 Å². The minimum atomic E-state index is -0.220. The van der Waals surface area contributed by atoms with E-state index in [2.05, 4.69) is 39.8 Å². The highest BCUT2D eigenvalue weighted by Crippen LogP contribution is 2.44. The Kier molecular flexibility index (Phi) is 8.66. The summed E-state index contributed by atoms with van der Waals surface area (Å²) in [6.45, 7) is 9.07. The number of rotatable bonds is 10. The molecule has 0 unspecified atom stereocenters. The molecule has 3 atom stereocenters. The van der Waals surface area contributed by atoms with Crippen molar-refractivity contribution in [3.05, 3.63) is 29.3 Å². The predicted molar refractivity (Wildman–Crippen MR) is 116 cm³/mol. The minimum Gasteiger partial charge on any atom is -0.508 e. The number of aliphatic hydroxyl groups is 1. The van der Waals surface area contributed by atoms with E-state index in [1.165, 1.54) is 50.5 Å². The topological polar surface area (TPSA) is 40.5 Å². The van der Waals surface area contributed by atoms with Crippen molar-refractivity contribution in [1.82, 2.24) is 0 Å². The molecule has 0 saturated heterocycles. The van der Waals surface area contributed by atoms with Crippen LogP contribution in [0.5, 0.6) is 5.75 Å². The van der Waals surface area contributed by atoms with Crippen LogP contribution in [-0.4, -0.2) is 16.3 Å². The summed E-state index contributed by atoms with van der Waals surface area (Å²) in [4.78, 5) is 0. The maximum Gasteiger partial charge on any atom is 0.119 e. The molecule has 0 heterocycles. The fraction of sp³-hybridized carbons (Fsp3) is 0.760. The molecule has 0 aromatic heterocycles. The fourth-order valence-electron chi connectivity index (χ4n) is 4.82. The van der Waals surface area contributed by atoms with Gasteiger partial charge in [0, 0.05) is 0 Å². The molecule has 1 aromatic rings. The molecule has 0 radical (unpaired) electrons. The summed E-state index contributed by atoms with van der Waals surface area (Å²) in [7, 11) is 0. The van der Waals surface area contributed by atoms with Gasteiger partial charge in [-0.05, 0) is 66.5 Å². The fourth-order valence-corrected chi connectivity index (χ4v) is 4.82. The SMILES string of the molecule is CCCCCCC(C)(C)c1ccc([C@@H]2C[C@H](O)CC[C@H]2CCCC)c(O)c1. The van der Waals surface area contributed by atoms with Crippen LogP contribution in [-0.2, 0) is 5.41 Å². The van der Waals surface area contributed by atoms with Gasteiger partial charge in [0.2, 0.25) is 0 Å². The van der Waals surface area contributed by atoms with Crippen molar-refractivity contribution in [3.63, 3.8) is 0 Å². The Bertz CT molecular complexity index is 561. The Morgan fingerprint density at radius 3 is 2.41 bits per heavy atom. The first-order valence-electron chi connectivity index (χ1n) is 11.4. The van der Waals surface area contributed by atoms with Crippen LogP contribution in [0.15, 0.2) is 18.2 Å². The molecule has 0 aliphatic heterocycles. The van der Waals surface area contributed by atoms with Gasteiger partial charge >= 0.3 is 0 Å². The summed E-state index contributed by atoms with van der Waals surface area (Å²) in [6.07, 6.45) is 12.5. The van der Waals surface area contributed by atoms with Gasteiger partial charge in [-0.25, -0.2) is 0 Å². The van der Waals surface area contributed by atoms with E-state index in [-0.39, 0.29) is 11.5 Å². The molecule has 1 fully saturated rings. The number of hydrogen-bond donors (Lipinski definition) is 2. The molecule has 0 amide bonds. The first-order valence-corrected chi connectivity index (χ1v) is 11.4. The highest BCUT2D eigenvalue weighted by Gasteiger charge is 2.32. The zero-order valence-corrected chi connectivity index (χ0v) is 18.1. The number of phenols is 1. The molecular weight excluding hydrogens is 332 g/mol. The van der Waals surface area contributed by atoms with E-state index in [1.54, 1.807) is 0 Å². The summed E-state index contributed by atoms with van der Waals surface area (Å²) >= 11 is 0. The van der Waals surface area contributed by atoms with Gasteiger partial charge < -0.3 is 10.2 Å². The molecule has 1 saturated carbocycles. The molecule has 0 spiro atoms. The zero-order valence-electron chi connectivity index (χ0n) is 18.1. The highest BCUT2D eigenvalue weighted by molar-refractivity contribution is 5.42. The monoisotopic (exact) mass is 374 g/mol. The zero-order chi connectivity index (χ0) is 19.9. The van der Waals surface area contributed by atoms with Crippen LogP contribution in [0.25, 0.3) is 0 Å². The Hall–Kier alpha value is -1.02. The lowest BCUT2D eigenvalue weighted by Crippen LogP contribution is -2.26. The second-order valence-electron chi connectivity index (χ2n) is 9.44. The van der Waals surface area contributed by atoms with Crippen LogP contribution in [0, 0.1) is 5.92 Å². The van der Waals surface area contributed by atoms with Crippen molar-refractivity contribution >= 4 is 0 Å². The van der Waals surface area contributed by atoms with Crippen LogP contribution in [0.2, 0.25) is 0 Å². The van der Waals surface area contributed by atoms with Crippen molar-refractivity contribution < 1.29 is 10.2 Å². The van der Waals surface area contributed by atoms with Gasteiger partial charge in [0.05, 0.1) is 6.10 Å². The first kappa shape index (κ1) is 22.3. The van der Waals surface area contributed by atoms with Crippen LogP contribution in [0.1, 0.15) is 115 Å². The normalized spacial score (nSPS) is 23.5. The standard InChI is InChI=1S/C25H42O2/c1-5-7-9-10-16-25(3,4)20-13-15-22(24(27)17-20)23-18-21(26)14-12-19(23)11-8-6-2/h13,15,17,19,21,23,26-27H,5-12,14,16,18H2,1-4H3/t19-,21-,23-/m1/s1. The van der Waals surface area contributed by atoms with Gasteiger partial charge in [0.25, 0.3) is 0 Å².